The summed E-state index contributed by atoms with van der Waals surface area (Å²) in [7, 11) is 0. The molecule has 0 saturated heterocycles. The van der Waals surface area contributed by atoms with E-state index in [-0.39, 0.29) is 15.9 Å². The van der Waals surface area contributed by atoms with Crippen molar-refractivity contribution in [3.8, 4) is 0 Å². The van der Waals surface area contributed by atoms with Gasteiger partial charge in [0, 0.05) is 0 Å². The summed E-state index contributed by atoms with van der Waals surface area (Å²) in [5.74, 6) is 0. The Morgan fingerprint density at radius 3 is 2.54 bits per heavy atom. The number of nitro groups is 1. The second kappa shape index (κ2) is 3.77. The van der Waals surface area contributed by atoms with Crippen LogP contribution in [0.25, 0.3) is 0 Å². The fraction of sp³-hybridized carbons (Fsp3) is 0.167. The molecule has 0 fully saturated rings. The monoisotopic (exact) mass is 284 g/mol. The normalized spacial score (nSPS) is 10.2. The van der Waals surface area contributed by atoms with Gasteiger partial charge in [0.2, 0.25) is 5.15 Å². The van der Waals surface area contributed by atoms with Gasteiger partial charge in [0.15, 0.2) is 0 Å². The summed E-state index contributed by atoms with van der Waals surface area (Å²) >= 11 is 14.3. The van der Waals surface area contributed by atoms with E-state index in [1.54, 1.807) is 6.92 Å². The van der Waals surface area contributed by atoms with Crippen molar-refractivity contribution in [3.05, 3.63) is 30.5 Å². The molecule has 0 atom stereocenters. The molecule has 0 saturated carbocycles. The molecule has 1 aromatic rings. The topological polar surface area (TPSA) is 56.0 Å². The molecule has 1 heterocycles. The Morgan fingerprint density at radius 1 is 1.54 bits per heavy atom. The van der Waals surface area contributed by atoms with Gasteiger partial charge in [0.05, 0.1) is 15.1 Å². The summed E-state index contributed by atoms with van der Waals surface area (Å²) in [5.41, 5.74) is 0.140. The highest BCUT2D eigenvalue weighted by Crippen LogP contribution is 2.37. The highest BCUT2D eigenvalue weighted by molar-refractivity contribution is 9.10. The smallest absolute Gasteiger partial charge is 0.258 e. The molecular weight excluding hydrogens is 283 g/mol. The van der Waals surface area contributed by atoms with Crippen LogP contribution in [0, 0.1) is 17.0 Å². The van der Waals surface area contributed by atoms with Crippen molar-refractivity contribution in [2.75, 3.05) is 0 Å². The lowest BCUT2D eigenvalue weighted by Gasteiger charge is -2.02. The lowest BCUT2D eigenvalue weighted by Crippen LogP contribution is -1.95. The highest BCUT2D eigenvalue weighted by atomic mass is 79.9. The SMILES string of the molecule is Cc1nc(Cl)c([N+](=O)[O-])c(Cl)c1Br. The molecule has 0 N–H and O–H groups in total. The largest absolute Gasteiger partial charge is 0.326 e. The third-order valence-electron chi connectivity index (χ3n) is 1.36. The van der Waals surface area contributed by atoms with Gasteiger partial charge in [0.25, 0.3) is 0 Å². The van der Waals surface area contributed by atoms with Gasteiger partial charge in [0.1, 0.15) is 5.02 Å². The van der Waals surface area contributed by atoms with Crippen LogP contribution in [-0.4, -0.2) is 9.91 Å². The molecule has 0 unspecified atom stereocenters. The Hall–Kier alpha value is -0.390. The van der Waals surface area contributed by atoms with Crippen LogP contribution in [0.15, 0.2) is 4.47 Å². The van der Waals surface area contributed by atoms with E-state index in [2.05, 4.69) is 20.9 Å². The third-order valence-corrected chi connectivity index (χ3v) is 3.19. The number of nitrogens with zero attached hydrogens (tertiary/aromatic N) is 2. The first kappa shape index (κ1) is 10.7. The zero-order chi connectivity index (χ0) is 10.2. The van der Waals surface area contributed by atoms with E-state index < -0.39 is 4.92 Å². The van der Waals surface area contributed by atoms with E-state index in [0.29, 0.717) is 10.2 Å². The number of aromatic nitrogens is 1. The molecule has 1 rings (SSSR count). The van der Waals surface area contributed by atoms with Crippen molar-refractivity contribution < 1.29 is 4.92 Å². The number of pyridine rings is 1. The van der Waals surface area contributed by atoms with Crippen LogP contribution in [0.3, 0.4) is 0 Å². The van der Waals surface area contributed by atoms with Gasteiger partial charge in [-0.15, -0.1) is 0 Å². The Labute approximate surface area is 92.1 Å². The van der Waals surface area contributed by atoms with Crippen LogP contribution in [0.5, 0.6) is 0 Å². The van der Waals surface area contributed by atoms with Gasteiger partial charge in [-0.3, -0.25) is 10.1 Å². The van der Waals surface area contributed by atoms with Crippen LogP contribution < -0.4 is 0 Å². The molecule has 0 aromatic carbocycles. The molecule has 0 spiro atoms. The first-order chi connectivity index (χ1) is 5.95. The molecule has 0 bridgehead atoms. The first-order valence-electron chi connectivity index (χ1n) is 3.10. The number of hydrogen-bond donors (Lipinski definition) is 0. The zero-order valence-electron chi connectivity index (χ0n) is 6.34. The van der Waals surface area contributed by atoms with Gasteiger partial charge < -0.3 is 0 Å². The predicted octanol–water partition coefficient (Wildman–Crippen LogP) is 3.37. The number of rotatable bonds is 1. The van der Waals surface area contributed by atoms with Crippen LogP contribution in [-0.2, 0) is 0 Å². The number of hydrogen-bond acceptors (Lipinski definition) is 3. The van der Waals surface area contributed by atoms with Crippen molar-refractivity contribution in [1.82, 2.24) is 4.98 Å². The molecule has 0 radical (unpaired) electrons. The van der Waals surface area contributed by atoms with Crippen molar-refractivity contribution in [2.45, 2.75) is 6.92 Å². The minimum absolute atomic E-state index is 0.0255. The average molecular weight is 286 g/mol. The zero-order valence-corrected chi connectivity index (χ0v) is 9.44. The van der Waals surface area contributed by atoms with Gasteiger partial charge in [-0.1, -0.05) is 23.2 Å². The quantitative estimate of drug-likeness (QED) is 0.452. The molecule has 0 aliphatic rings. The highest BCUT2D eigenvalue weighted by Gasteiger charge is 2.23. The molecule has 1 aromatic heterocycles. The van der Waals surface area contributed by atoms with Crippen LogP contribution in [0.4, 0.5) is 5.69 Å². The van der Waals surface area contributed by atoms with E-state index >= 15 is 0 Å². The van der Waals surface area contributed by atoms with Gasteiger partial charge in [-0.05, 0) is 22.9 Å². The lowest BCUT2D eigenvalue weighted by molar-refractivity contribution is -0.384. The molecule has 0 aliphatic heterocycles. The van der Waals surface area contributed by atoms with E-state index in [1.807, 2.05) is 0 Å². The lowest BCUT2D eigenvalue weighted by atomic mass is 10.3. The van der Waals surface area contributed by atoms with Crippen molar-refractivity contribution in [3.63, 3.8) is 0 Å². The Morgan fingerprint density at radius 2 is 2.08 bits per heavy atom. The van der Waals surface area contributed by atoms with Gasteiger partial charge in [-0.25, -0.2) is 4.98 Å². The van der Waals surface area contributed by atoms with Crippen LogP contribution in [0.2, 0.25) is 10.2 Å². The fourth-order valence-corrected chi connectivity index (χ4v) is 1.67. The van der Waals surface area contributed by atoms with E-state index in [0.717, 1.165) is 0 Å². The summed E-state index contributed by atoms with van der Waals surface area (Å²) in [6.07, 6.45) is 0. The maximum atomic E-state index is 10.5. The maximum Gasteiger partial charge on any atom is 0.326 e. The molecule has 0 aliphatic carbocycles. The third kappa shape index (κ3) is 1.92. The minimum Gasteiger partial charge on any atom is -0.258 e. The average Bonchev–Trinajstić information content (AvgIpc) is 1.99. The Balaban J connectivity index is 3.53. The summed E-state index contributed by atoms with van der Waals surface area (Å²) < 4.78 is 0.394. The summed E-state index contributed by atoms with van der Waals surface area (Å²) in [5, 5.41) is 10.3. The van der Waals surface area contributed by atoms with Gasteiger partial charge in [-0.2, -0.15) is 0 Å². The first-order valence-corrected chi connectivity index (χ1v) is 4.65. The fourth-order valence-electron chi connectivity index (χ4n) is 0.758. The summed E-state index contributed by atoms with van der Waals surface area (Å²) in [4.78, 5) is 13.6. The second-order valence-electron chi connectivity index (χ2n) is 2.22. The molecule has 70 valence electrons. The maximum absolute atomic E-state index is 10.5. The van der Waals surface area contributed by atoms with Crippen LogP contribution >= 0.6 is 39.1 Å². The molecular formula is C6H3BrCl2N2O2. The van der Waals surface area contributed by atoms with E-state index in [1.165, 1.54) is 0 Å². The van der Waals surface area contributed by atoms with Crippen molar-refractivity contribution >= 4 is 44.8 Å². The summed E-state index contributed by atoms with van der Waals surface area (Å²) in [6, 6.07) is 0. The van der Waals surface area contributed by atoms with Crippen LogP contribution in [0.1, 0.15) is 5.69 Å². The van der Waals surface area contributed by atoms with Crippen molar-refractivity contribution in [1.29, 1.82) is 0 Å². The molecule has 4 nitrogen and oxygen atoms in total. The van der Waals surface area contributed by atoms with Crippen molar-refractivity contribution in [2.24, 2.45) is 0 Å². The number of halogens is 3. The van der Waals surface area contributed by atoms with E-state index in [9.17, 15) is 10.1 Å². The minimum atomic E-state index is -0.665. The summed E-state index contributed by atoms with van der Waals surface area (Å²) in [6.45, 7) is 1.64. The Bertz CT molecular complexity index is 383. The number of aryl methyl sites for hydroxylation is 1. The molecule has 0 amide bonds. The molecule has 7 heteroatoms. The Kier molecular flexibility index (Phi) is 3.10. The standard InChI is InChI=1S/C6H3BrCl2N2O2/c1-2-3(7)4(8)5(11(12)13)6(9)10-2/h1H3. The molecule has 13 heavy (non-hydrogen) atoms. The van der Waals surface area contributed by atoms with Gasteiger partial charge >= 0.3 is 5.69 Å². The second-order valence-corrected chi connectivity index (χ2v) is 3.75. The predicted molar refractivity (Wildman–Crippen MR) is 53.3 cm³/mol. The van der Waals surface area contributed by atoms with E-state index in [4.69, 9.17) is 23.2 Å².